The first-order valence-corrected chi connectivity index (χ1v) is 7.67. The molecule has 2 fully saturated rings. The van der Waals surface area contributed by atoms with Crippen molar-refractivity contribution in [2.45, 2.75) is 77.4 Å². The van der Waals surface area contributed by atoms with Crippen molar-refractivity contribution < 1.29 is 0 Å². The highest BCUT2D eigenvalue weighted by molar-refractivity contribution is 4.92. The molecule has 0 aromatic heterocycles. The average Bonchev–Trinajstić information content (AvgIpc) is 2.43. The molecule has 1 heterocycles. The van der Waals surface area contributed by atoms with E-state index in [9.17, 15) is 0 Å². The van der Waals surface area contributed by atoms with Gasteiger partial charge in [0.2, 0.25) is 0 Å². The van der Waals surface area contributed by atoms with Crippen LogP contribution in [-0.4, -0.2) is 36.1 Å². The van der Waals surface area contributed by atoms with Gasteiger partial charge in [-0.15, -0.1) is 0 Å². The second kappa shape index (κ2) is 6.19. The SMILES string of the molecule is CC(C)NCC1CCC1N1CCCCCC1C. The van der Waals surface area contributed by atoms with Crippen molar-refractivity contribution in [2.24, 2.45) is 5.92 Å². The lowest BCUT2D eigenvalue weighted by atomic mass is 9.77. The second-order valence-electron chi connectivity index (χ2n) is 6.40. The number of likely N-dealkylation sites (tertiary alicyclic amines) is 1. The quantitative estimate of drug-likeness (QED) is 0.810. The molecule has 0 aromatic rings. The van der Waals surface area contributed by atoms with Gasteiger partial charge in [-0.2, -0.15) is 0 Å². The van der Waals surface area contributed by atoms with Gasteiger partial charge in [-0.25, -0.2) is 0 Å². The highest BCUT2D eigenvalue weighted by Crippen LogP contribution is 2.35. The Morgan fingerprint density at radius 1 is 1.12 bits per heavy atom. The molecule has 2 nitrogen and oxygen atoms in total. The maximum absolute atomic E-state index is 3.62. The summed E-state index contributed by atoms with van der Waals surface area (Å²) >= 11 is 0. The van der Waals surface area contributed by atoms with Crippen LogP contribution in [0.4, 0.5) is 0 Å². The van der Waals surface area contributed by atoms with Gasteiger partial charge >= 0.3 is 0 Å². The predicted octanol–water partition coefficient (Wildman–Crippen LogP) is 3.03. The van der Waals surface area contributed by atoms with E-state index in [1.54, 1.807) is 0 Å². The second-order valence-corrected chi connectivity index (χ2v) is 6.40. The number of nitrogens with zero attached hydrogens (tertiary/aromatic N) is 1. The molecule has 0 amide bonds. The fourth-order valence-electron chi connectivity index (χ4n) is 3.40. The third-order valence-electron chi connectivity index (χ3n) is 4.70. The Morgan fingerprint density at radius 3 is 2.59 bits per heavy atom. The van der Waals surface area contributed by atoms with Gasteiger partial charge in [0, 0.05) is 18.1 Å². The molecular formula is C15H30N2. The average molecular weight is 238 g/mol. The lowest BCUT2D eigenvalue weighted by molar-refractivity contribution is 0.0340. The fourth-order valence-corrected chi connectivity index (χ4v) is 3.40. The Balaban J connectivity index is 1.83. The number of hydrogen-bond acceptors (Lipinski definition) is 2. The molecule has 3 atom stereocenters. The molecule has 1 aliphatic heterocycles. The van der Waals surface area contributed by atoms with Crippen molar-refractivity contribution >= 4 is 0 Å². The summed E-state index contributed by atoms with van der Waals surface area (Å²) in [6.07, 6.45) is 8.61. The Labute approximate surface area is 107 Å². The normalized spacial score (nSPS) is 35.6. The first kappa shape index (κ1) is 13.4. The standard InChI is InChI=1S/C15H30N2/c1-12(2)16-11-14-8-9-15(14)17-10-6-4-5-7-13(17)3/h12-16H,4-11H2,1-3H3. The van der Waals surface area contributed by atoms with Gasteiger partial charge in [-0.05, 0) is 51.6 Å². The molecule has 3 unspecified atom stereocenters. The Kier molecular flexibility index (Phi) is 4.87. The van der Waals surface area contributed by atoms with E-state index in [1.165, 1.54) is 51.6 Å². The molecule has 2 heteroatoms. The summed E-state index contributed by atoms with van der Waals surface area (Å²) in [5, 5.41) is 3.62. The minimum absolute atomic E-state index is 0.637. The van der Waals surface area contributed by atoms with Gasteiger partial charge in [0.05, 0.1) is 0 Å². The molecule has 0 aromatic carbocycles. The van der Waals surface area contributed by atoms with E-state index < -0.39 is 0 Å². The van der Waals surface area contributed by atoms with E-state index in [-0.39, 0.29) is 0 Å². The molecule has 100 valence electrons. The summed E-state index contributed by atoms with van der Waals surface area (Å²) in [5.41, 5.74) is 0. The highest BCUT2D eigenvalue weighted by Gasteiger charge is 2.37. The van der Waals surface area contributed by atoms with Gasteiger partial charge in [-0.1, -0.05) is 26.7 Å². The Hall–Kier alpha value is -0.0800. The van der Waals surface area contributed by atoms with Crippen molar-refractivity contribution in [1.29, 1.82) is 0 Å². The fraction of sp³-hybridized carbons (Fsp3) is 1.00. The van der Waals surface area contributed by atoms with Crippen LogP contribution in [0.2, 0.25) is 0 Å². The summed E-state index contributed by atoms with van der Waals surface area (Å²) in [5.74, 6) is 0.915. The molecule has 2 rings (SSSR count). The van der Waals surface area contributed by atoms with Crippen molar-refractivity contribution in [3.63, 3.8) is 0 Å². The van der Waals surface area contributed by atoms with Crippen LogP contribution in [-0.2, 0) is 0 Å². The molecule has 2 aliphatic rings. The van der Waals surface area contributed by atoms with Gasteiger partial charge in [0.25, 0.3) is 0 Å². The van der Waals surface area contributed by atoms with Crippen molar-refractivity contribution in [1.82, 2.24) is 10.2 Å². The maximum atomic E-state index is 3.62. The third kappa shape index (κ3) is 3.45. The summed E-state index contributed by atoms with van der Waals surface area (Å²) < 4.78 is 0. The van der Waals surface area contributed by atoms with Gasteiger partial charge in [0.15, 0.2) is 0 Å². The molecule has 1 saturated carbocycles. The summed E-state index contributed by atoms with van der Waals surface area (Å²) in [7, 11) is 0. The topological polar surface area (TPSA) is 15.3 Å². The van der Waals surface area contributed by atoms with Crippen LogP contribution in [0.25, 0.3) is 0 Å². The molecule has 0 spiro atoms. The van der Waals surface area contributed by atoms with E-state index >= 15 is 0 Å². The zero-order valence-corrected chi connectivity index (χ0v) is 11.9. The van der Waals surface area contributed by atoms with E-state index in [4.69, 9.17) is 0 Å². The molecule has 0 bridgehead atoms. The largest absolute Gasteiger partial charge is 0.314 e. The number of rotatable bonds is 4. The van der Waals surface area contributed by atoms with Crippen LogP contribution in [0.3, 0.4) is 0 Å². The minimum Gasteiger partial charge on any atom is -0.314 e. The number of nitrogens with one attached hydrogen (secondary N) is 1. The zero-order valence-electron chi connectivity index (χ0n) is 11.9. The van der Waals surface area contributed by atoms with Crippen LogP contribution in [0, 0.1) is 5.92 Å². The predicted molar refractivity (Wildman–Crippen MR) is 74.3 cm³/mol. The van der Waals surface area contributed by atoms with Crippen LogP contribution < -0.4 is 5.32 Å². The molecule has 0 radical (unpaired) electrons. The number of hydrogen-bond donors (Lipinski definition) is 1. The molecule has 1 saturated heterocycles. The molecule has 1 N–H and O–H groups in total. The minimum atomic E-state index is 0.637. The lowest BCUT2D eigenvalue weighted by Gasteiger charge is -2.47. The van der Waals surface area contributed by atoms with Crippen molar-refractivity contribution in [2.75, 3.05) is 13.1 Å². The third-order valence-corrected chi connectivity index (χ3v) is 4.70. The van der Waals surface area contributed by atoms with Gasteiger partial charge < -0.3 is 5.32 Å². The summed E-state index contributed by atoms with van der Waals surface area (Å²) in [4.78, 5) is 2.82. The lowest BCUT2D eigenvalue weighted by Crippen LogP contribution is -2.53. The molecule has 17 heavy (non-hydrogen) atoms. The molecular weight excluding hydrogens is 208 g/mol. The van der Waals surface area contributed by atoms with Crippen LogP contribution >= 0.6 is 0 Å². The monoisotopic (exact) mass is 238 g/mol. The van der Waals surface area contributed by atoms with E-state index in [1.807, 2.05) is 0 Å². The molecule has 1 aliphatic carbocycles. The van der Waals surface area contributed by atoms with Crippen molar-refractivity contribution in [3.05, 3.63) is 0 Å². The summed E-state index contributed by atoms with van der Waals surface area (Å²) in [6.45, 7) is 9.52. The van der Waals surface area contributed by atoms with Crippen molar-refractivity contribution in [3.8, 4) is 0 Å². The smallest absolute Gasteiger partial charge is 0.0139 e. The first-order chi connectivity index (χ1) is 8.18. The van der Waals surface area contributed by atoms with Gasteiger partial charge in [0.1, 0.15) is 0 Å². The Bertz CT molecular complexity index is 227. The van der Waals surface area contributed by atoms with E-state index in [2.05, 4.69) is 31.0 Å². The van der Waals surface area contributed by atoms with Crippen LogP contribution in [0.15, 0.2) is 0 Å². The summed E-state index contributed by atoms with van der Waals surface area (Å²) in [6, 6.07) is 2.34. The van der Waals surface area contributed by atoms with E-state index in [0.29, 0.717) is 6.04 Å². The first-order valence-electron chi connectivity index (χ1n) is 7.67. The Morgan fingerprint density at radius 2 is 1.94 bits per heavy atom. The highest BCUT2D eigenvalue weighted by atomic mass is 15.2. The maximum Gasteiger partial charge on any atom is 0.0139 e. The van der Waals surface area contributed by atoms with Gasteiger partial charge in [-0.3, -0.25) is 4.90 Å². The van der Waals surface area contributed by atoms with E-state index in [0.717, 1.165) is 18.0 Å². The van der Waals surface area contributed by atoms with Crippen LogP contribution in [0.5, 0.6) is 0 Å². The zero-order chi connectivity index (χ0) is 12.3. The van der Waals surface area contributed by atoms with Crippen LogP contribution in [0.1, 0.15) is 59.3 Å².